The van der Waals surface area contributed by atoms with Crippen molar-refractivity contribution in [2.75, 3.05) is 6.61 Å². The highest BCUT2D eigenvalue weighted by molar-refractivity contribution is 8.00. The zero-order valence-electron chi connectivity index (χ0n) is 18.0. The summed E-state index contributed by atoms with van der Waals surface area (Å²) in [6.45, 7) is 6.88. The van der Waals surface area contributed by atoms with Crippen molar-refractivity contribution in [3.63, 3.8) is 0 Å². The van der Waals surface area contributed by atoms with E-state index >= 15 is 0 Å². The van der Waals surface area contributed by atoms with Gasteiger partial charge in [-0.3, -0.25) is 19.5 Å². The van der Waals surface area contributed by atoms with Gasteiger partial charge in [0.25, 0.3) is 5.56 Å². The number of hydrogen-bond donors (Lipinski definition) is 2. The minimum atomic E-state index is -0.586. The molecule has 2 N–H and O–H groups in total. The Balaban J connectivity index is 1.62. The fourth-order valence-electron chi connectivity index (χ4n) is 3.77. The minimum Gasteiger partial charge on any atom is -0.376 e. The predicted molar refractivity (Wildman–Crippen MR) is 122 cm³/mol. The molecule has 168 valence electrons. The summed E-state index contributed by atoms with van der Waals surface area (Å²) in [7, 11) is 0. The number of aryl methyl sites for hydroxylation is 2. The van der Waals surface area contributed by atoms with Crippen LogP contribution in [0.15, 0.2) is 9.95 Å². The Kier molecular flexibility index (Phi) is 6.68. The van der Waals surface area contributed by atoms with Gasteiger partial charge in [-0.15, -0.1) is 11.3 Å². The number of nitrogens with one attached hydrogen (secondary N) is 2. The number of urea groups is 1. The van der Waals surface area contributed by atoms with Gasteiger partial charge < -0.3 is 10.1 Å². The highest BCUT2D eigenvalue weighted by atomic mass is 32.2. The maximum atomic E-state index is 13.5. The van der Waals surface area contributed by atoms with Crippen molar-refractivity contribution in [1.82, 2.24) is 20.2 Å². The Bertz CT molecular complexity index is 1050. The van der Waals surface area contributed by atoms with Crippen molar-refractivity contribution >= 4 is 45.3 Å². The second kappa shape index (κ2) is 9.30. The van der Waals surface area contributed by atoms with Crippen LogP contribution in [-0.2, 0) is 22.5 Å². The summed E-state index contributed by atoms with van der Waals surface area (Å²) < 4.78 is 7.42. The Morgan fingerprint density at radius 2 is 2.13 bits per heavy atom. The first-order valence-corrected chi connectivity index (χ1v) is 12.5. The number of fused-ring (bicyclic) bond motifs is 1. The van der Waals surface area contributed by atoms with Crippen LogP contribution < -0.4 is 16.2 Å². The smallest absolute Gasteiger partial charge is 0.321 e. The third-order valence-corrected chi connectivity index (χ3v) is 7.77. The summed E-state index contributed by atoms with van der Waals surface area (Å²) in [5.74, 6) is -0.405. The van der Waals surface area contributed by atoms with E-state index in [9.17, 15) is 14.4 Å². The van der Waals surface area contributed by atoms with E-state index in [0.717, 1.165) is 42.5 Å². The van der Waals surface area contributed by atoms with Crippen LogP contribution in [0.3, 0.4) is 0 Å². The third kappa shape index (κ3) is 4.96. The maximum Gasteiger partial charge on any atom is 0.321 e. The normalized spacial score (nSPS) is 19.5. The molecule has 0 bridgehead atoms. The first-order chi connectivity index (χ1) is 14.9. The first-order valence-electron chi connectivity index (χ1n) is 10.8. The molecule has 31 heavy (non-hydrogen) atoms. The molecule has 2 aromatic heterocycles. The molecule has 1 aliphatic heterocycles. The van der Waals surface area contributed by atoms with Gasteiger partial charge in [-0.2, -0.15) is 0 Å². The standard InChI is InChI=1S/C21H28N4O4S2/c1-4-15-11(2)30-18-16(15)19(27)25(10-14-6-5-9-29-14)21(24-18)31-12(3)17(26)23-20(28)22-13-7-8-13/h12-14H,4-10H2,1-3H3,(H2,22,23,26,28). The van der Waals surface area contributed by atoms with Crippen LogP contribution in [0.2, 0.25) is 0 Å². The van der Waals surface area contributed by atoms with Gasteiger partial charge in [0.1, 0.15) is 4.83 Å². The van der Waals surface area contributed by atoms with Crippen molar-refractivity contribution in [2.45, 2.75) is 82.0 Å². The van der Waals surface area contributed by atoms with Crippen LogP contribution in [0.5, 0.6) is 0 Å². The average Bonchev–Trinajstić information content (AvgIpc) is 3.25. The van der Waals surface area contributed by atoms with Gasteiger partial charge in [0.2, 0.25) is 5.91 Å². The molecule has 0 spiro atoms. The molecule has 1 saturated carbocycles. The van der Waals surface area contributed by atoms with Crippen molar-refractivity contribution in [3.05, 3.63) is 20.8 Å². The van der Waals surface area contributed by atoms with Crippen molar-refractivity contribution in [2.24, 2.45) is 0 Å². The van der Waals surface area contributed by atoms with Gasteiger partial charge in [-0.05, 0) is 51.5 Å². The van der Waals surface area contributed by atoms with E-state index in [0.29, 0.717) is 28.5 Å². The number of carbonyl (C=O) groups is 2. The quantitative estimate of drug-likeness (QED) is 0.482. The summed E-state index contributed by atoms with van der Waals surface area (Å²) in [5, 5.41) is 5.71. The average molecular weight is 465 g/mol. The maximum absolute atomic E-state index is 13.5. The van der Waals surface area contributed by atoms with Crippen LogP contribution in [0.25, 0.3) is 10.2 Å². The third-order valence-electron chi connectivity index (χ3n) is 5.64. The molecule has 1 aliphatic carbocycles. The molecule has 2 unspecified atom stereocenters. The summed E-state index contributed by atoms with van der Waals surface area (Å²) in [6.07, 6.45) is 4.51. The van der Waals surface area contributed by atoms with E-state index in [-0.39, 0.29) is 17.7 Å². The van der Waals surface area contributed by atoms with Crippen LogP contribution in [0.1, 0.15) is 50.0 Å². The second-order valence-electron chi connectivity index (χ2n) is 8.11. The Morgan fingerprint density at radius 3 is 2.77 bits per heavy atom. The van der Waals surface area contributed by atoms with E-state index < -0.39 is 17.2 Å². The highest BCUT2D eigenvalue weighted by Crippen LogP contribution is 2.31. The summed E-state index contributed by atoms with van der Waals surface area (Å²) in [6, 6.07) is -0.298. The molecule has 8 nitrogen and oxygen atoms in total. The predicted octanol–water partition coefficient (Wildman–Crippen LogP) is 2.98. The number of imide groups is 1. The first kappa shape index (κ1) is 22.3. The Hall–Kier alpha value is -1.91. The number of thioether (sulfide) groups is 1. The molecule has 3 heterocycles. The molecule has 2 fully saturated rings. The van der Waals surface area contributed by atoms with Gasteiger partial charge in [-0.1, -0.05) is 18.7 Å². The van der Waals surface area contributed by atoms with Gasteiger partial charge in [0.15, 0.2) is 5.16 Å². The number of rotatable bonds is 7. The number of nitrogens with zero attached hydrogens (tertiary/aromatic N) is 2. The lowest BCUT2D eigenvalue weighted by molar-refractivity contribution is -0.119. The molecule has 1 saturated heterocycles. The molecular formula is C21H28N4O4S2. The van der Waals surface area contributed by atoms with Gasteiger partial charge >= 0.3 is 6.03 Å². The lowest BCUT2D eigenvalue weighted by Crippen LogP contribution is -2.43. The minimum absolute atomic E-state index is 0.0328. The molecule has 2 aliphatic rings. The van der Waals surface area contributed by atoms with Crippen molar-refractivity contribution in [3.8, 4) is 0 Å². The number of ether oxygens (including phenoxy) is 1. The largest absolute Gasteiger partial charge is 0.376 e. The topological polar surface area (TPSA) is 102 Å². The molecule has 3 amide bonds. The van der Waals surface area contributed by atoms with E-state index in [1.54, 1.807) is 11.5 Å². The number of hydrogen-bond acceptors (Lipinski definition) is 7. The van der Waals surface area contributed by atoms with Crippen LogP contribution in [0, 0.1) is 6.92 Å². The van der Waals surface area contributed by atoms with Crippen LogP contribution >= 0.6 is 23.1 Å². The lowest BCUT2D eigenvalue weighted by atomic mass is 10.1. The van der Waals surface area contributed by atoms with E-state index in [4.69, 9.17) is 9.72 Å². The second-order valence-corrected chi connectivity index (χ2v) is 10.6. The van der Waals surface area contributed by atoms with E-state index in [1.807, 2.05) is 13.8 Å². The molecule has 0 aromatic carbocycles. The van der Waals surface area contributed by atoms with Crippen LogP contribution in [-0.4, -0.2) is 45.5 Å². The highest BCUT2D eigenvalue weighted by Gasteiger charge is 2.27. The zero-order chi connectivity index (χ0) is 22.1. The fourth-order valence-corrected chi connectivity index (χ4v) is 5.85. The van der Waals surface area contributed by atoms with E-state index in [1.165, 1.54) is 23.1 Å². The lowest BCUT2D eigenvalue weighted by Gasteiger charge is -2.18. The molecule has 10 heteroatoms. The number of amides is 3. The molecule has 2 aromatic rings. The SMILES string of the molecule is CCc1c(C)sc2nc(SC(C)C(=O)NC(=O)NC3CC3)n(CC3CCCO3)c(=O)c12. The zero-order valence-corrected chi connectivity index (χ0v) is 19.7. The Labute approximate surface area is 189 Å². The molecule has 2 atom stereocenters. The van der Waals surface area contributed by atoms with Gasteiger partial charge in [0, 0.05) is 17.5 Å². The van der Waals surface area contributed by atoms with Crippen LogP contribution in [0.4, 0.5) is 4.79 Å². The number of thiophene rings is 1. The molecule has 4 rings (SSSR count). The van der Waals surface area contributed by atoms with E-state index in [2.05, 4.69) is 10.6 Å². The molecule has 0 radical (unpaired) electrons. The summed E-state index contributed by atoms with van der Waals surface area (Å²) >= 11 is 2.71. The van der Waals surface area contributed by atoms with Crippen molar-refractivity contribution < 1.29 is 14.3 Å². The number of carbonyl (C=O) groups excluding carboxylic acids is 2. The summed E-state index contributed by atoms with van der Waals surface area (Å²) in [4.78, 5) is 44.5. The van der Waals surface area contributed by atoms with Gasteiger partial charge in [0.05, 0.1) is 23.3 Å². The van der Waals surface area contributed by atoms with Gasteiger partial charge in [-0.25, -0.2) is 9.78 Å². The fraction of sp³-hybridized carbons (Fsp3) is 0.619. The monoisotopic (exact) mass is 464 g/mol. The summed E-state index contributed by atoms with van der Waals surface area (Å²) in [5.41, 5.74) is 0.959. The number of aromatic nitrogens is 2. The van der Waals surface area contributed by atoms with Crippen molar-refractivity contribution in [1.29, 1.82) is 0 Å². The molecular weight excluding hydrogens is 436 g/mol. The Morgan fingerprint density at radius 1 is 1.35 bits per heavy atom.